The summed E-state index contributed by atoms with van der Waals surface area (Å²) < 4.78 is 23.1. The molecule has 0 N–H and O–H groups in total. The van der Waals surface area contributed by atoms with Gasteiger partial charge >= 0.3 is 0 Å². The van der Waals surface area contributed by atoms with Gasteiger partial charge in [-0.1, -0.05) is 69.9 Å². The van der Waals surface area contributed by atoms with E-state index in [1.165, 1.54) is 73.8 Å². The van der Waals surface area contributed by atoms with Crippen molar-refractivity contribution in [3.63, 3.8) is 0 Å². The lowest BCUT2D eigenvalue weighted by atomic mass is 9.75. The number of benzene rings is 2. The molecule has 5 rings (SSSR count). The molecule has 2 aromatic rings. The van der Waals surface area contributed by atoms with Gasteiger partial charge in [-0.15, -0.1) is 0 Å². The highest BCUT2D eigenvalue weighted by Gasteiger charge is 2.29. The van der Waals surface area contributed by atoms with Gasteiger partial charge in [0, 0.05) is 0 Å². The first-order valence-corrected chi connectivity index (χ1v) is 14.4. The Bertz CT molecular complexity index is 939. The summed E-state index contributed by atoms with van der Waals surface area (Å²) in [5.41, 5.74) is 4.29. The van der Waals surface area contributed by atoms with E-state index >= 15 is 0 Å². The van der Waals surface area contributed by atoms with Crippen molar-refractivity contribution in [1.29, 1.82) is 0 Å². The highest BCUT2D eigenvalue weighted by molar-refractivity contribution is 5.44. The molecule has 2 saturated heterocycles. The number of rotatable bonds is 14. The van der Waals surface area contributed by atoms with E-state index in [1.54, 1.807) is 0 Å². The van der Waals surface area contributed by atoms with Gasteiger partial charge < -0.3 is 18.9 Å². The zero-order chi connectivity index (χ0) is 24.7. The Hall–Kier alpha value is -2.04. The SMILES string of the molecule is CCCCC(CC)Cc1cccc(C2CCC(c3ccc(OCC4CO4)cc3)CC2)c1OCC1CO1. The van der Waals surface area contributed by atoms with Crippen LogP contribution in [0, 0.1) is 5.92 Å². The first-order chi connectivity index (χ1) is 17.7. The molecule has 0 aromatic heterocycles. The fourth-order valence-electron chi connectivity index (χ4n) is 5.79. The standard InChI is InChI=1S/C32H44O4/c1-3-5-7-23(4-2)18-27-8-6-9-31(32(27)36-22-30-21-35-30)26-12-10-24(11-13-26)25-14-16-28(17-15-25)33-19-29-20-34-29/h6,8-9,14-17,23-24,26,29-30H,3-5,7,10-13,18-22H2,1-2H3. The van der Waals surface area contributed by atoms with Gasteiger partial charge in [-0.3, -0.25) is 0 Å². The summed E-state index contributed by atoms with van der Waals surface area (Å²) in [4.78, 5) is 0. The largest absolute Gasteiger partial charge is 0.491 e. The summed E-state index contributed by atoms with van der Waals surface area (Å²) in [6.45, 7) is 7.66. The van der Waals surface area contributed by atoms with Crippen LogP contribution in [-0.2, 0) is 15.9 Å². The third kappa shape index (κ3) is 7.04. The van der Waals surface area contributed by atoms with Gasteiger partial charge in [0.1, 0.15) is 36.9 Å². The summed E-state index contributed by atoms with van der Waals surface area (Å²) in [6.07, 6.45) is 11.7. The maximum absolute atomic E-state index is 6.52. The van der Waals surface area contributed by atoms with Crippen LogP contribution in [0.1, 0.15) is 93.7 Å². The first-order valence-electron chi connectivity index (χ1n) is 14.4. The maximum atomic E-state index is 6.52. The Balaban J connectivity index is 1.23. The van der Waals surface area contributed by atoms with Crippen LogP contribution < -0.4 is 9.47 Å². The second kappa shape index (κ2) is 12.5. The highest BCUT2D eigenvalue weighted by Crippen LogP contribution is 2.44. The summed E-state index contributed by atoms with van der Waals surface area (Å²) >= 11 is 0. The fraction of sp³-hybridized carbons (Fsp3) is 0.625. The monoisotopic (exact) mass is 492 g/mol. The zero-order valence-electron chi connectivity index (χ0n) is 22.3. The molecule has 1 aliphatic carbocycles. The normalized spacial score (nSPS) is 25.8. The van der Waals surface area contributed by atoms with Crippen LogP contribution in [0.15, 0.2) is 42.5 Å². The highest BCUT2D eigenvalue weighted by atomic mass is 16.6. The maximum Gasteiger partial charge on any atom is 0.126 e. The van der Waals surface area contributed by atoms with E-state index in [4.69, 9.17) is 18.9 Å². The minimum Gasteiger partial charge on any atom is -0.491 e. The van der Waals surface area contributed by atoms with E-state index in [2.05, 4.69) is 56.3 Å². The third-order valence-electron chi connectivity index (χ3n) is 8.35. The van der Waals surface area contributed by atoms with E-state index in [-0.39, 0.29) is 6.10 Å². The molecule has 1 saturated carbocycles. The molecule has 0 amide bonds. The van der Waals surface area contributed by atoms with E-state index < -0.39 is 0 Å². The van der Waals surface area contributed by atoms with Crippen LogP contribution in [0.3, 0.4) is 0 Å². The van der Waals surface area contributed by atoms with Gasteiger partial charge in [0.2, 0.25) is 0 Å². The molecule has 36 heavy (non-hydrogen) atoms. The van der Waals surface area contributed by atoms with Crippen LogP contribution in [0.5, 0.6) is 11.5 Å². The van der Waals surface area contributed by atoms with Crippen LogP contribution in [0.25, 0.3) is 0 Å². The van der Waals surface area contributed by atoms with Gasteiger partial charge in [-0.2, -0.15) is 0 Å². The van der Waals surface area contributed by atoms with Gasteiger partial charge in [-0.25, -0.2) is 0 Å². The van der Waals surface area contributed by atoms with Gasteiger partial charge in [0.05, 0.1) is 13.2 Å². The average molecular weight is 493 g/mol. The van der Waals surface area contributed by atoms with Crippen LogP contribution in [0.2, 0.25) is 0 Å². The number of unbranched alkanes of at least 4 members (excludes halogenated alkanes) is 1. The molecule has 4 heteroatoms. The molecular weight excluding hydrogens is 448 g/mol. The molecule has 2 aromatic carbocycles. The fourth-order valence-corrected chi connectivity index (χ4v) is 5.79. The first kappa shape index (κ1) is 25.6. The third-order valence-corrected chi connectivity index (χ3v) is 8.35. The summed E-state index contributed by atoms with van der Waals surface area (Å²) in [7, 11) is 0. The second-order valence-electron chi connectivity index (χ2n) is 11.1. The average Bonchev–Trinajstić information content (AvgIpc) is 3.85. The van der Waals surface area contributed by atoms with E-state index in [0.29, 0.717) is 31.2 Å². The number of ether oxygens (including phenoxy) is 4. The molecule has 196 valence electrons. The Morgan fingerprint density at radius 2 is 1.50 bits per heavy atom. The molecule has 3 aliphatic rings. The van der Waals surface area contributed by atoms with E-state index in [0.717, 1.165) is 31.3 Å². The number of hydrogen-bond acceptors (Lipinski definition) is 4. The van der Waals surface area contributed by atoms with Crippen LogP contribution in [0.4, 0.5) is 0 Å². The van der Waals surface area contributed by atoms with Crippen molar-refractivity contribution in [3.05, 3.63) is 59.2 Å². The smallest absolute Gasteiger partial charge is 0.126 e. The topological polar surface area (TPSA) is 43.5 Å². The summed E-state index contributed by atoms with van der Waals surface area (Å²) in [5, 5.41) is 0. The van der Waals surface area contributed by atoms with Crippen molar-refractivity contribution >= 4 is 0 Å². The Kier molecular flexibility index (Phi) is 8.87. The quantitative estimate of drug-likeness (QED) is 0.257. The van der Waals surface area contributed by atoms with Crippen molar-refractivity contribution < 1.29 is 18.9 Å². The molecule has 3 unspecified atom stereocenters. The molecule has 3 fully saturated rings. The van der Waals surface area contributed by atoms with E-state index in [9.17, 15) is 0 Å². The second-order valence-corrected chi connectivity index (χ2v) is 11.1. The predicted octanol–water partition coefficient (Wildman–Crippen LogP) is 7.44. The van der Waals surface area contributed by atoms with Crippen molar-refractivity contribution in [3.8, 4) is 11.5 Å². The number of hydrogen-bond donors (Lipinski definition) is 0. The molecular formula is C32H44O4. The van der Waals surface area contributed by atoms with Gasteiger partial charge in [0.25, 0.3) is 0 Å². The summed E-state index contributed by atoms with van der Waals surface area (Å²) in [6, 6.07) is 15.7. The van der Waals surface area contributed by atoms with E-state index in [1.807, 2.05) is 0 Å². The van der Waals surface area contributed by atoms with Crippen molar-refractivity contribution in [2.75, 3.05) is 26.4 Å². The lowest BCUT2D eigenvalue weighted by molar-refractivity contribution is 0.254. The molecule has 2 heterocycles. The minimum absolute atomic E-state index is 0.285. The van der Waals surface area contributed by atoms with Crippen LogP contribution >= 0.6 is 0 Å². The lowest BCUT2D eigenvalue weighted by Crippen LogP contribution is -2.16. The Morgan fingerprint density at radius 3 is 2.14 bits per heavy atom. The Labute approximate surface area is 217 Å². The van der Waals surface area contributed by atoms with Crippen LogP contribution in [-0.4, -0.2) is 38.6 Å². The minimum atomic E-state index is 0.285. The molecule has 0 radical (unpaired) electrons. The Morgan fingerprint density at radius 1 is 0.833 bits per heavy atom. The summed E-state index contributed by atoms with van der Waals surface area (Å²) in [5.74, 6) is 4.07. The number of para-hydroxylation sites is 1. The lowest BCUT2D eigenvalue weighted by Gasteiger charge is -2.31. The molecule has 0 spiro atoms. The molecule has 2 aliphatic heterocycles. The van der Waals surface area contributed by atoms with Crippen molar-refractivity contribution in [2.45, 2.75) is 95.7 Å². The molecule has 0 bridgehead atoms. The molecule has 3 atom stereocenters. The number of epoxide rings is 2. The molecule has 4 nitrogen and oxygen atoms in total. The predicted molar refractivity (Wildman–Crippen MR) is 144 cm³/mol. The van der Waals surface area contributed by atoms with Crippen molar-refractivity contribution in [2.24, 2.45) is 5.92 Å². The van der Waals surface area contributed by atoms with Gasteiger partial charge in [0.15, 0.2) is 0 Å². The zero-order valence-corrected chi connectivity index (χ0v) is 22.3. The van der Waals surface area contributed by atoms with Gasteiger partial charge in [-0.05, 0) is 78.7 Å². The van der Waals surface area contributed by atoms with Crippen molar-refractivity contribution in [1.82, 2.24) is 0 Å².